The summed E-state index contributed by atoms with van der Waals surface area (Å²) in [5, 5.41) is 9.41. The highest BCUT2D eigenvalue weighted by Crippen LogP contribution is 2.32. The average Bonchev–Trinajstić information content (AvgIpc) is 3.23. The standard InChI is InChI=1S/C24H23F3N4O3/c1-15-13-21(30-34-15)29-22(32)16-9-11-31(12-10-16)23(33)19-7-2-3-8-20(19)28-18-6-4-5-17(14-18)24(25,26)27/h2-8,13-14,16,28H,9-12H2,1H3,(H,29,30,32). The van der Waals surface area contributed by atoms with Crippen LogP contribution in [0.5, 0.6) is 0 Å². The molecule has 10 heteroatoms. The van der Waals surface area contributed by atoms with Crippen molar-refractivity contribution in [3.05, 3.63) is 71.5 Å². The van der Waals surface area contributed by atoms with Crippen molar-refractivity contribution in [2.75, 3.05) is 23.7 Å². The van der Waals surface area contributed by atoms with Crippen molar-refractivity contribution in [3.8, 4) is 0 Å². The van der Waals surface area contributed by atoms with Gasteiger partial charge < -0.3 is 20.1 Å². The van der Waals surface area contributed by atoms with E-state index in [1.165, 1.54) is 12.1 Å². The summed E-state index contributed by atoms with van der Waals surface area (Å²) in [5.41, 5.74) is 0.213. The van der Waals surface area contributed by atoms with Crippen molar-refractivity contribution in [1.29, 1.82) is 0 Å². The van der Waals surface area contributed by atoms with Crippen LogP contribution in [0.3, 0.4) is 0 Å². The highest BCUT2D eigenvalue weighted by Gasteiger charge is 2.31. The predicted molar refractivity (Wildman–Crippen MR) is 120 cm³/mol. The Hall–Kier alpha value is -3.82. The first-order valence-electron chi connectivity index (χ1n) is 10.8. The second kappa shape index (κ2) is 9.58. The van der Waals surface area contributed by atoms with Crippen molar-refractivity contribution in [2.45, 2.75) is 25.9 Å². The molecule has 1 saturated heterocycles. The molecule has 0 bridgehead atoms. The van der Waals surface area contributed by atoms with Crippen LogP contribution in [0.1, 0.15) is 34.5 Å². The molecule has 1 aromatic heterocycles. The van der Waals surface area contributed by atoms with E-state index in [4.69, 9.17) is 4.52 Å². The number of nitrogens with zero attached hydrogens (tertiary/aromatic N) is 2. The Bertz CT molecular complexity index is 1180. The Kier molecular flexibility index (Phi) is 6.58. The molecule has 1 aliphatic heterocycles. The van der Waals surface area contributed by atoms with E-state index in [0.29, 0.717) is 48.8 Å². The number of hydrogen-bond donors (Lipinski definition) is 2. The number of nitrogens with one attached hydrogen (secondary N) is 2. The lowest BCUT2D eigenvalue weighted by molar-refractivity contribution is -0.137. The molecule has 0 saturated carbocycles. The molecule has 0 radical (unpaired) electrons. The quantitative estimate of drug-likeness (QED) is 0.531. The van der Waals surface area contributed by atoms with Gasteiger partial charge in [-0.1, -0.05) is 23.4 Å². The first kappa shape index (κ1) is 23.3. The first-order chi connectivity index (χ1) is 16.2. The molecule has 4 rings (SSSR count). The van der Waals surface area contributed by atoms with Crippen LogP contribution in [0.4, 0.5) is 30.4 Å². The number of aromatic nitrogens is 1. The van der Waals surface area contributed by atoms with Crippen LogP contribution in [-0.4, -0.2) is 35.0 Å². The van der Waals surface area contributed by atoms with Crippen molar-refractivity contribution < 1.29 is 27.3 Å². The topological polar surface area (TPSA) is 87.5 Å². The number of alkyl halides is 3. The fraction of sp³-hybridized carbons (Fsp3) is 0.292. The van der Waals surface area contributed by atoms with E-state index < -0.39 is 11.7 Å². The third kappa shape index (κ3) is 5.38. The minimum atomic E-state index is -4.46. The molecule has 34 heavy (non-hydrogen) atoms. The molecule has 2 N–H and O–H groups in total. The highest BCUT2D eigenvalue weighted by atomic mass is 19.4. The summed E-state index contributed by atoms with van der Waals surface area (Å²) in [4.78, 5) is 27.3. The van der Waals surface area contributed by atoms with Gasteiger partial charge in [0.2, 0.25) is 5.91 Å². The van der Waals surface area contributed by atoms with Crippen LogP contribution >= 0.6 is 0 Å². The van der Waals surface area contributed by atoms with Gasteiger partial charge >= 0.3 is 6.18 Å². The fourth-order valence-corrected chi connectivity index (χ4v) is 3.88. The van der Waals surface area contributed by atoms with Gasteiger partial charge in [0.15, 0.2) is 5.82 Å². The van der Waals surface area contributed by atoms with Crippen LogP contribution in [0.2, 0.25) is 0 Å². The molecule has 2 amide bonds. The molecule has 0 aliphatic carbocycles. The molecule has 3 aromatic rings. The van der Waals surface area contributed by atoms with Crippen LogP contribution in [-0.2, 0) is 11.0 Å². The summed E-state index contributed by atoms with van der Waals surface area (Å²) < 4.78 is 44.1. The molecule has 1 fully saturated rings. The highest BCUT2D eigenvalue weighted by molar-refractivity contribution is 6.00. The van der Waals surface area contributed by atoms with E-state index in [1.54, 1.807) is 42.2 Å². The number of halogens is 3. The van der Waals surface area contributed by atoms with Gasteiger partial charge in [0.25, 0.3) is 5.91 Å². The monoisotopic (exact) mass is 472 g/mol. The SMILES string of the molecule is Cc1cc(NC(=O)C2CCN(C(=O)c3ccccc3Nc3cccc(C(F)(F)F)c3)CC2)no1. The number of carbonyl (C=O) groups excluding carboxylic acids is 2. The third-order valence-corrected chi connectivity index (χ3v) is 5.66. The Morgan fingerprint density at radius 3 is 2.47 bits per heavy atom. The summed E-state index contributed by atoms with van der Waals surface area (Å²) in [6, 6.07) is 13.1. The molecule has 178 valence electrons. The number of hydrogen-bond acceptors (Lipinski definition) is 5. The third-order valence-electron chi connectivity index (χ3n) is 5.66. The summed E-state index contributed by atoms with van der Waals surface area (Å²) >= 11 is 0. The molecule has 2 heterocycles. The lowest BCUT2D eigenvalue weighted by Gasteiger charge is -2.31. The maximum absolute atomic E-state index is 13.2. The lowest BCUT2D eigenvalue weighted by atomic mass is 9.95. The molecule has 2 aromatic carbocycles. The molecule has 7 nitrogen and oxygen atoms in total. The first-order valence-corrected chi connectivity index (χ1v) is 10.8. The molecule has 1 aliphatic rings. The van der Waals surface area contributed by atoms with Gasteiger partial charge in [-0.2, -0.15) is 13.2 Å². The normalized spacial score (nSPS) is 14.6. The van der Waals surface area contributed by atoms with E-state index >= 15 is 0 Å². The number of para-hydroxylation sites is 1. The van der Waals surface area contributed by atoms with E-state index in [-0.39, 0.29) is 23.4 Å². The van der Waals surface area contributed by atoms with E-state index in [1.807, 2.05) is 0 Å². The largest absolute Gasteiger partial charge is 0.416 e. The maximum atomic E-state index is 13.2. The number of aryl methyl sites for hydroxylation is 1. The lowest BCUT2D eigenvalue weighted by Crippen LogP contribution is -2.41. The van der Waals surface area contributed by atoms with Crippen LogP contribution in [0, 0.1) is 12.8 Å². The fourth-order valence-electron chi connectivity index (χ4n) is 3.88. The minimum absolute atomic E-state index is 0.174. The van der Waals surface area contributed by atoms with Gasteiger partial charge in [-0.15, -0.1) is 0 Å². The molecule has 0 atom stereocenters. The van der Waals surface area contributed by atoms with Crippen LogP contribution in [0.15, 0.2) is 59.1 Å². The minimum Gasteiger partial charge on any atom is -0.360 e. The number of amides is 2. The van der Waals surface area contributed by atoms with Crippen molar-refractivity contribution in [1.82, 2.24) is 10.1 Å². The second-order valence-corrected chi connectivity index (χ2v) is 8.13. The average molecular weight is 472 g/mol. The molecular formula is C24H23F3N4O3. The summed E-state index contributed by atoms with van der Waals surface area (Å²) in [5.74, 6) is 0.260. The van der Waals surface area contributed by atoms with E-state index in [2.05, 4.69) is 15.8 Å². The second-order valence-electron chi connectivity index (χ2n) is 8.13. The van der Waals surface area contributed by atoms with Gasteiger partial charge in [0.05, 0.1) is 16.8 Å². The smallest absolute Gasteiger partial charge is 0.360 e. The Labute approximate surface area is 193 Å². The number of piperidine rings is 1. The zero-order valence-corrected chi connectivity index (χ0v) is 18.4. The molecule has 0 spiro atoms. The van der Waals surface area contributed by atoms with Crippen LogP contribution < -0.4 is 10.6 Å². The Morgan fingerprint density at radius 2 is 1.79 bits per heavy atom. The Balaban J connectivity index is 1.41. The maximum Gasteiger partial charge on any atom is 0.416 e. The summed E-state index contributed by atoms with van der Waals surface area (Å²) in [7, 11) is 0. The number of anilines is 3. The zero-order valence-electron chi connectivity index (χ0n) is 18.4. The van der Waals surface area contributed by atoms with Gasteiger partial charge in [0, 0.05) is 30.8 Å². The van der Waals surface area contributed by atoms with Crippen molar-refractivity contribution in [3.63, 3.8) is 0 Å². The van der Waals surface area contributed by atoms with E-state index in [0.717, 1.165) is 12.1 Å². The van der Waals surface area contributed by atoms with Crippen LogP contribution in [0.25, 0.3) is 0 Å². The predicted octanol–water partition coefficient (Wildman–Crippen LogP) is 5.24. The van der Waals surface area contributed by atoms with Crippen molar-refractivity contribution >= 4 is 29.0 Å². The number of benzene rings is 2. The van der Waals surface area contributed by atoms with E-state index in [9.17, 15) is 22.8 Å². The van der Waals surface area contributed by atoms with Crippen molar-refractivity contribution in [2.24, 2.45) is 5.92 Å². The van der Waals surface area contributed by atoms with Gasteiger partial charge in [-0.3, -0.25) is 9.59 Å². The van der Waals surface area contributed by atoms with Gasteiger partial charge in [-0.25, -0.2) is 0 Å². The summed E-state index contributed by atoms with van der Waals surface area (Å²) in [6.07, 6.45) is -3.49. The number of carbonyl (C=O) groups is 2. The molecular weight excluding hydrogens is 449 g/mol. The number of rotatable bonds is 5. The van der Waals surface area contributed by atoms with Gasteiger partial charge in [-0.05, 0) is 50.1 Å². The zero-order chi connectivity index (χ0) is 24.3. The Morgan fingerprint density at radius 1 is 1.06 bits per heavy atom. The molecule has 0 unspecified atom stereocenters. The number of likely N-dealkylation sites (tertiary alicyclic amines) is 1. The summed E-state index contributed by atoms with van der Waals surface area (Å²) in [6.45, 7) is 2.49. The van der Waals surface area contributed by atoms with Gasteiger partial charge in [0.1, 0.15) is 5.76 Å².